The summed E-state index contributed by atoms with van der Waals surface area (Å²) in [6.07, 6.45) is 2.87. The van der Waals surface area contributed by atoms with E-state index in [9.17, 15) is 0 Å². The van der Waals surface area contributed by atoms with E-state index in [-0.39, 0.29) is 0 Å². The number of rotatable bonds is 0. The van der Waals surface area contributed by atoms with Crippen LogP contribution >= 0.6 is 0 Å². The molecule has 40 valence electrons. The quantitative estimate of drug-likeness (QED) is 0.440. The van der Waals surface area contributed by atoms with Gasteiger partial charge in [0.25, 0.3) is 0 Å². The van der Waals surface area contributed by atoms with E-state index in [0.29, 0.717) is 0 Å². The highest BCUT2D eigenvalue weighted by molar-refractivity contribution is 4.84. The first-order chi connectivity index (χ1) is 3.47. The molecule has 0 aromatic rings. The highest BCUT2D eigenvalue weighted by Gasteiger charge is 2.35. The van der Waals surface area contributed by atoms with Crippen LogP contribution in [0.2, 0.25) is 0 Å². The van der Waals surface area contributed by atoms with E-state index in [0.717, 1.165) is 25.0 Å². The molecule has 0 unspecified atom stereocenters. The van der Waals surface area contributed by atoms with Crippen molar-refractivity contribution in [2.75, 3.05) is 13.2 Å². The fourth-order valence-electron chi connectivity index (χ4n) is 1.45. The van der Waals surface area contributed by atoms with Crippen molar-refractivity contribution in [3.05, 3.63) is 0 Å². The lowest BCUT2D eigenvalue weighted by Crippen LogP contribution is -2.22. The molecule has 0 N–H and O–H groups in total. The summed E-state index contributed by atoms with van der Waals surface area (Å²) in [4.78, 5) is 0. The van der Waals surface area contributed by atoms with Crippen LogP contribution in [-0.4, -0.2) is 13.2 Å². The minimum absolute atomic E-state index is 0.972. The van der Waals surface area contributed by atoms with Gasteiger partial charge in [-0.2, -0.15) is 0 Å². The summed E-state index contributed by atoms with van der Waals surface area (Å²) in [6, 6.07) is 0. The Morgan fingerprint density at radius 1 is 1.00 bits per heavy atom. The van der Waals surface area contributed by atoms with Crippen molar-refractivity contribution in [3.63, 3.8) is 0 Å². The van der Waals surface area contributed by atoms with Crippen LogP contribution in [0.3, 0.4) is 0 Å². The molecular formula is C6H10O. The predicted molar refractivity (Wildman–Crippen MR) is 27.0 cm³/mol. The van der Waals surface area contributed by atoms with Gasteiger partial charge in [0.05, 0.1) is 0 Å². The molecule has 0 amide bonds. The summed E-state index contributed by atoms with van der Waals surface area (Å²) in [5.41, 5.74) is 0. The van der Waals surface area contributed by atoms with E-state index in [1.54, 1.807) is 0 Å². The standard InChI is InChI=1S/C6H10O/c1-2-6-4-7-3-5(1)6/h5-6H,1-4H2/t5-,6+. The van der Waals surface area contributed by atoms with E-state index in [1.807, 2.05) is 0 Å². The first-order valence-corrected chi connectivity index (χ1v) is 3.04. The summed E-state index contributed by atoms with van der Waals surface area (Å²) in [6.45, 7) is 2.12. The molecule has 1 nitrogen and oxygen atoms in total. The van der Waals surface area contributed by atoms with Gasteiger partial charge in [0.15, 0.2) is 0 Å². The smallest absolute Gasteiger partial charge is 0.0497 e. The number of fused-ring (bicyclic) bond motifs is 1. The maximum atomic E-state index is 5.23. The van der Waals surface area contributed by atoms with Crippen molar-refractivity contribution in [2.24, 2.45) is 11.8 Å². The summed E-state index contributed by atoms with van der Waals surface area (Å²) in [5, 5.41) is 0. The molecule has 1 aliphatic heterocycles. The normalized spacial score (nSPS) is 48.0. The van der Waals surface area contributed by atoms with Gasteiger partial charge in [-0.05, 0) is 24.7 Å². The van der Waals surface area contributed by atoms with E-state index in [1.165, 1.54) is 12.8 Å². The Hall–Kier alpha value is -0.0400. The van der Waals surface area contributed by atoms with Crippen LogP contribution in [0, 0.1) is 11.8 Å². The summed E-state index contributed by atoms with van der Waals surface area (Å²) in [7, 11) is 0. The zero-order valence-corrected chi connectivity index (χ0v) is 4.39. The molecule has 1 saturated heterocycles. The Morgan fingerprint density at radius 2 is 1.57 bits per heavy atom. The molecule has 1 heterocycles. The summed E-state index contributed by atoms with van der Waals surface area (Å²) in [5.74, 6) is 1.94. The van der Waals surface area contributed by atoms with Gasteiger partial charge in [-0.25, -0.2) is 0 Å². The van der Waals surface area contributed by atoms with E-state index >= 15 is 0 Å². The Morgan fingerprint density at radius 3 is 1.86 bits per heavy atom. The largest absolute Gasteiger partial charge is 0.381 e. The molecule has 1 aliphatic carbocycles. The zero-order valence-electron chi connectivity index (χ0n) is 4.39. The molecule has 7 heavy (non-hydrogen) atoms. The zero-order chi connectivity index (χ0) is 4.69. The monoisotopic (exact) mass is 98.1 g/mol. The SMILES string of the molecule is C1C[C@H]2COC[C@@H]12. The van der Waals surface area contributed by atoms with E-state index < -0.39 is 0 Å². The number of ether oxygens (including phenoxy) is 1. The molecule has 0 bridgehead atoms. The lowest BCUT2D eigenvalue weighted by atomic mass is 9.77. The third-order valence-corrected chi connectivity index (χ3v) is 2.24. The molecule has 2 atom stereocenters. The average molecular weight is 98.1 g/mol. The van der Waals surface area contributed by atoms with Gasteiger partial charge in [0, 0.05) is 13.2 Å². The minimum atomic E-state index is 0.972. The van der Waals surface area contributed by atoms with Gasteiger partial charge < -0.3 is 4.74 Å². The van der Waals surface area contributed by atoms with Crippen LogP contribution < -0.4 is 0 Å². The van der Waals surface area contributed by atoms with Gasteiger partial charge in [0.1, 0.15) is 0 Å². The van der Waals surface area contributed by atoms with Crippen molar-refractivity contribution in [1.82, 2.24) is 0 Å². The predicted octanol–water partition coefficient (Wildman–Crippen LogP) is 1.04. The minimum Gasteiger partial charge on any atom is -0.381 e. The molecule has 2 aliphatic rings. The third kappa shape index (κ3) is 0.418. The van der Waals surface area contributed by atoms with Crippen LogP contribution in [0.4, 0.5) is 0 Å². The highest BCUT2D eigenvalue weighted by Crippen LogP contribution is 2.38. The van der Waals surface area contributed by atoms with Crippen LogP contribution in [-0.2, 0) is 4.74 Å². The van der Waals surface area contributed by atoms with Crippen LogP contribution in [0.5, 0.6) is 0 Å². The van der Waals surface area contributed by atoms with Crippen molar-refractivity contribution in [3.8, 4) is 0 Å². The molecule has 0 radical (unpaired) electrons. The van der Waals surface area contributed by atoms with Gasteiger partial charge in [-0.15, -0.1) is 0 Å². The molecule has 0 spiro atoms. The van der Waals surface area contributed by atoms with E-state index in [4.69, 9.17) is 4.74 Å². The van der Waals surface area contributed by atoms with Crippen LogP contribution in [0.1, 0.15) is 12.8 Å². The van der Waals surface area contributed by atoms with Gasteiger partial charge in [-0.1, -0.05) is 0 Å². The average Bonchev–Trinajstić information content (AvgIpc) is 1.85. The Balaban J connectivity index is 2.03. The van der Waals surface area contributed by atoms with E-state index in [2.05, 4.69) is 0 Å². The topological polar surface area (TPSA) is 9.23 Å². The second-order valence-corrected chi connectivity index (χ2v) is 2.63. The fourth-order valence-corrected chi connectivity index (χ4v) is 1.45. The number of hydrogen-bond donors (Lipinski definition) is 0. The van der Waals surface area contributed by atoms with Crippen molar-refractivity contribution >= 4 is 0 Å². The maximum Gasteiger partial charge on any atom is 0.0497 e. The molecule has 0 aromatic carbocycles. The Labute approximate surface area is 43.7 Å². The summed E-state index contributed by atoms with van der Waals surface area (Å²) >= 11 is 0. The fraction of sp³-hybridized carbons (Fsp3) is 1.00. The van der Waals surface area contributed by atoms with Gasteiger partial charge in [0.2, 0.25) is 0 Å². The third-order valence-electron chi connectivity index (χ3n) is 2.24. The first-order valence-electron chi connectivity index (χ1n) is 3.04. The van der Waals surface area contributed by atoms with Gasteiger partial charge in [-0.3, -0.25) is 0 Å². The number of hydrogen-bond acceptors (Lipinski definition) is 1. The van der Waals surface area contributed by atoms with Crippen molar-refractivity contribution < 1.29 is 4.74 Å². The molecule has 0 aromatic heterocycles. The van der Waals surface area contributed by atoms with Crippen molar-refractivity contribution in [1.29, 1.82) is 0 Å². The Bertz CT molecular complexity index is 70.2. The van der Waals surface area contributed by atoms with Gasteiger partial charge >= 0.3 is 0 Å². The molecule has 2 rings (SSSR count). The van der Waals surface area contributed by atoms with Crippen LogP contribution in [0.15, 0.2) is 0 Å². The molecular weight excluding hydrogens is 88.1 g/mol. The second-order valence-electron chi connectivity index (χ2n) is 2.63. The first kappa shape index (κ1) is 3.90. The second kappa shape index (κ2) is 1.22. The lowest BCUT2D eigenvalue weighted by molar-refractivity contribution is 0.187. The lowest BCUT2D eigenvalue weighted by Gasteiger charge is -2.26. The molecule has 1 heteroatoms. The highest BCUT2D eigenvalue weighted by atomic mass is 16.5. The van der Waals surface area contributed by atoms with Crippen LogP contribution in [0.25, 0.3) is 0 Å². The Kier molecular flexibility index (Phi) is 0.680. The molecule has 1 saturated carbocycles. The molecule has 2 fully saturated rings. The maximum absolute atomic E-state index is 5.23. The van der Waals surface area contributed by atoms with Crippen molar-refractivity contribution in [2.45, 2.75) is 12.8 Å². The summed E-state index contributed by atoms with van der Waals surface area (Å²) < 4.78 is 5.23.